The molecule has 0 spiro atoms. The second-order valence-electron chi connectivity index (χ2n) is 7.68. The average molecular weight is 511 g/mol. The van der Waals surface area contributed by atoms with Gasteiger partial charge in [-0.05, 0) is 43.2 Å². The third-order valence-corrected chi connectivity index (χ3v) is 5.71. The van der Waals surface area contributed by atoms with Crippen molar-refractivity contribution >= 4 is 29.9 Å². The number of hydrogen-bond acceptors (Lipinski definition) is 3. The van der Waals surface area contributed by atoms with Gasteiger partial charge < -0.3 is 20.3 Å². The van der Waals surface area contributed by atoms with Gasteiger partial charge in [-0.2, -0.15) is 0 Å². The zero-order valence-electron chi connectivity index (χ0n) is 17.3. The third kappa shape index (κ3) is 6.70. The molecule has 1 aliphatic rings. The number of aliphatic imine (C=N–C) groups is 1. The summed E-state index contributed by atoms with van der Waals surface area (Å²) in [4.78, 5) is 8.98. The number of para-hydroxylation sites is 1. The first-order valence-electron chi connectivity index (χ1n) is 10.5. The first-order chi connectivity index (χ1) is 13.8. The third-order valence-electron chi connectivity index (χ3n) is 5.71. The minimum Gasteiger partial charge on any atom is -0.396 e. The highest BCUT2D eigenvalue weighted by Gasteiger charge is 2.31. The van der Waals surface area contributed by atoms with Gasteiger partial charge in [-0.15, -0.1) is 24.0 Å². The Morgan fingerprint density at radius 2 is 2.00 bits per heavy atom. The normalized spacial score (nSPS) is 16.1. The SMILES string of the molecule is CCNC(=NCc1ccccc1-n1ccnc1)NCC1(CCO)CCCCC1.I. The quantitative estimate of drug-likeness (QED) is 0.286. The molecule has 160 valence electrons. The highest BCUT2D eigenvalue weighted by atomic mass is 127. The van der Waals surface area contributed by atoms with E-state index in [9.17, 15) is 5.11 Å². The van der Waals surface area contributed by atoms with E-state index in [-0.39, 0.29) is 36.0 Å². The lowest BCUT2D eigenvalue weighted by molar-refractivity contribution is 0.131. The van der Waals surface area contributed by atoms with Crippen LogP contribution in [0.25, 0.3) is 5.69 Å². The van der Waals surface area contributed by atoms with Gasteiger partial charge in [0.2, 0.25) is 0 Å². The Balaban J connectivity index is 0.00000300. The Morgan fingerprint density at radius 3 is 2.69 bits per heavy atom. The van der Waals surface area contributed by atoms with Crippen molar-refractivity contribution < 1.29 is 5.11 Å². The van der Waals surface area contributed by atoms with Crippen molar-refractivity contribution in [3.05, 3.63) is 48.5 Å². The molecule has 0 unspecified atom stereocenters. The van der Waals surface area contributed by atoms with E-state index in [1.54, 1.807) is 6.20 Å². The summed E-state index contributed by atoms with van der Waals surface area (Å²) in [6, 6.07) is 8.28. The lowest BCUT2D eigenvalue weighted by Gasteiger charge is -2.37. The predicted molar refractivity (Wildman–Crippen MR) is 129 cm³/mol. The maximum absolute atomic E-state index is 9.54. The molecule has 3 N–H and O–H groups in total. The van der Waals surface area contributed by atoms with Crippen molar-refractivity contribution in [1.82, 2.24) is 20.2 Å². The van der Waals surface area contributed by atoms with E-state index >= 15 is 0 Å². The van der Waals surface area contributed by atoms with Crippen LogP contribution in [0.4, 0.5) is 0 Å². The zero-order valence-corrected chi connectivity index (χ0v) is 19.6. The maximum atomic E-state index is 9.54. The monoisotopic (exact) mass is 511 g/mol. The fourth-order valence-corrected chi connectivity index (χ4v) is 4.13. The van der Waals surface area contributed by atoms with Crippen LogP contribution in [0.15, 0.2) is 48.0 Å². The van der Waals surface area contributed by atoms with Gasteiger partial charge in [0, 0.05) is 32.1 Å². The average Bonchev–Trinajstić information content (AvgIpc) is 3.26. The van der Waals surface area contributed by atoms with Crippen LogP contribution in [-0.4, -0.2) is 40.3 Å². The van der Waals surface area contributed by atoms with Gasteiger partial charge in [-0.1, -0.05) is 37.5 Å². The molecule has 29 heavy (non-hydrogen) atoms. The van der Waals surface area contributed by atoms with Gasteiger partial charge in [-0.3, -0.25) is 0 Å². The molecule has 0 radical (unpaired) electrons. The smallest absolute Gasteiger partial charge is 0.191 e. The van der Waals surface area contributed by atoms with Gasteiger partial charge in [0.25, 0.3) is 0 Å². The number of nitrogens with zero attached hydrogens (tertiary/aromatic N) is 3. The van der Waals surface area contributed by atoms with Crippen LogP contribution in [0.2, 0.25) is 0 Å². The van der Waals surface area contributed by atoms with Crippen LogP contribution in [-0.2, 0) is 6.54 Å². The van der Waals surface area contributed by atoms with Crippen molar-refractivity contribution in [3.8, 4) is 5.69 Å². The number of aliphatic hydroxyl groups excluding tert-OH is 1. The minimum atomic E-state index is 0. The fourth-order valence-electron chi connectivity index (χ4n) is 4.13. The summed E-state index contributed by atoms with van der Waals surface area (Å²) in [5, 5.41) is 16.5. The van der Waals surface area contributed by atoms with Gasteiger partial charge >= 0.3 is 0 Å². The topological polar surface area (TPSA) is 74.5 Å². The number of hydrogen-bond donors (Lipinski definition) is 3. The van der Waals surface area contributed by atoms with E-state index in [1.165, 1.54) is 32.1 Å². The molecule has 0 amide bonds. The van der Waals surface area contributed by atoms with Crippen molar-refractivity contribution in [2.45, 2.75) is 52.0 Å². The number of rotatable bonds is 8. The van der Waals surface area contributed by atoms with Crippen LogP contribution in [0.5, 0.6) is 0 Å². The second-order valence-corrected chi connectivity index (χ2v) is 7.68. The summed E-state index contributed by atoms with van der Waals surface area (Å²) in [5.41, 5.74) is 2.45. The van der Waals surface area contributed by atoms with Crippen molar-refractivity contribution in [1.29, 1.82) is 0 Å². The van der Waals surface area contributed by atoms with E-state index in [2.05, 4.69) is 34.7 Å². The largest absolute Gasteiger partial charge is 0.396 e. The predicted octanol–water partition coefficient (Wildman–Crippen LogP) is 3.88. The molecule has 1 fully saturated rings. The van der Waals surface area contributed by atoms with E-state index in [1.807, 2.05) is 29.2 Å². The summed E-state index contributed by atoms with van der Waals surface area (Å²) >= 11 is 0. The molecule has 0 atom stereocenters. The molecule has 2 aromatic rings. The van der Waals surface area contributed by atoms with Crippen molar-refractivity contribution in [2.75, 3.05) is 19.7 Å². The molecule has 3 rings (SSSR count). The van der Waals surface area contributed by atoms with Crippen molar-refractivity contribution in [3.63, 3.8) is 0 Å². The highest BCUT2D eigenvalue weighted by Crippen LogP contribution is 2.38. The number of aliphatic hydroxyl groups is 1. The number of aromatic nitrogens is 2. The number of imidazole rings is 1. The van der Waals surface area contributed by atoms with E-state index in [0.29, 0.717) is 6.54 Å². The molecule has 0 saturated heterocycles. The van der Waals surface area contributed by atoms with E-state index in [0.717, 1.165) is 36.7 Å². The van der Waals surface area contributed by atoms with Crippen molar-refractivity contribution in [2.24, 2.45) is 10.4 Å². The van der Waals surface area contributed by atoms with Crippen LogP contribution in [0.1, 0.15) is 51.0 Å². The fraction of sp³-hybridized carbons (Fsp3) is 0.545. The molecule has 6 nitrogen and oxygen atoms in total. The van der Waals surface area contributed by atoms with Gasteiger partial charge in [0.15, 0.2) is 5.96 Å². The Kier molecular flexibility index (Phi) is 9.93. The molecule has 1 aliphatic carbocycles. The Bertz CT molecular complexity index is 736. The Labute approximate surface area is 191 Å². The van der Waals surface area contributed by atoms with Crippen LogP contribution in [0, 0.1) is 5.41 Å². The summed E-state index contributed by atoms with van der Waals surface area (Å²) < 4.78 is 2.02. The highest BCUT2D eigenvalue weighted by molar-refractivity contribution is 14.0. The van der Waals surface area contributed by atoms with Gasteiger partial charge in [0.05, 0.1) is 18.6 Å². The number of halogens is 1. The second kappa shape index (κ2) is 12.2. The van der Waals surface area contributed by atoms with Crippen LogP contribution in [0.3, 0.4) is 0 Å². The maximum Gasteiger partial charge on any atom is 0.191 e. The molecule has 1 aromatic carbocycles. The molecular formula is C22H34IN5O. The minimum absolute atomic E-state index is 0. The zero-order chi connectivity index (χ0) is 19.7. The number of benzene rings is 1. The van der Waals surface area contributed by atoms with E-state index < -0.39 is 0 Å². The number of guanidine groups is 1. The molecular weight excluding hydrogens is 477 g/mol. The summed E-state index contributed by atoms with van der Waals surface area (Å²) in [7, 11) is 0. The summed E-state index contributed by atoms with van der Waals surface area (Å²) in [5.74, 6) is 0.839. The molecule has 0 bridgehead atoms. The molecule has 1 saturated carbocycles. The number of nitrogens with one attached hydrogen (secondary N) is 2. The standard InChI is InChI=1S/C22H33N5O.HI/c1-2-24-21(26-17-22(12-15-28)10-6-3-7-11-22)25-16-19-8-4-5-9-20(19)27-14-13-23-18-27;/h4-5,8-9,13-14,18,28H,2-3,6-7,10-12,15-17H2,1H3,(H2,24,25,26);1H. The van der Waals surface area contributed by atoms with Crippen LogP contribution < -0.4 is 10.6 Å². The molecule has 1 heterocycles. The first kappa shape index (κ1) is 23.7. The Hall–Kier alpha value is -1.61. The van der Waals surface area contributed by atoms with Gasteiger partial charge in [-0.25, -0.2) is 9.98 Å². The first-order valence-corrected chi connectivity index (χ1v) is 10.5. The van der Waals surface area contributed by atoms with Gasteiger partial charge in [0.1, 0.15) is 0 Å². The van der Waals surface area contributed by atoms with Crippen LogP contribution >= 0.6 is 24.0 Å². The molecule has 1 aromatic heterocycles. The summed E-state index contributed by atoms with van der Waals surface area (Å²) in [6.07, 6.45) is 12.6. The lowest BCUT2D eigenvalue weighted by atomic mass is 9.72. The Morgan fingerprint density at radius 1 is 1.21 bits per heavy atom. The van der Waals surface area contributed by atoms with E-state index in [4.69, 9.17) is 4.99 Å². The molecule has 0 aliphatic heterocycles. The summed E-state index contributed by atoms with van der Waals surface area (Å²) in [6.45, 7) is 4.62. The lowest BCUT2D eigenvalue weighted by Crippen LogP contribution is -2.45. The molecule has 7 heteroatoms.